The summed E-state index contributed by atoms with van der Waals surface area (Å²) in [6, 6.07) is -1.59. The molecule has 0 spiro atoms. The van der Waals surface area contributed by atoms with E-state index in [2.05, 4.69) is 20.8 Å². The van der Waals surface area contributed by atoms with E-state index in [-0.39, 0.29) is 29.1 Å². The number of likely N-dealkylation sites (tertiary alicyclic amines) is 1. The van der Waals surface area contributed by atoms with Crippen molar-refractivity contribution in [3.63, 3.8) is 0 Å². The number of halogens is 3. The third kappa shape index (κ3) is 7.50. The summed E-state index contributed by atoms with van der Waals surface area (Å²) in [5, 5.41) is 14.1. The maximum atomic E-state index is 13.8. The van der Waals surface area contributed by atoms with Crippen molar-refractivity contribution in [1.82, 2.24) is 29.8 Å². The van der Waals surface area contributed by atoms with Crippen LogP contribution in [0.5, 0.6) is 0 Å². The molecule has 1 unspecified atom stereocenters. The molecule has 3 heterocycles. The molecule has 246 valence electrons. The highest BCUT2D eigenvalue weighted by molar-refractivity contribution is 6.00. The van der Waals surface area contributed by atoms with Gasteiger partial charge in [-0.05, 0) is 90.5 Å². The van der Waals surface area contributed by atoms with Gasteiger partial charge in [-0.2, -0.15) is 23.4 Å². The van der Waals surface area contributed by atoms with Crippen LogP contribution in [0.15, 0.2) is 24.7 Å². The van der Waals surface area contributed by atoms with Gasteiger partial charge in [0.2, 0.25) is 11.8 Å². The number of hydrogen-bond acceptors (Lipinski definition) is 7. The van der Waals surface area contributed by atoms with Gasteiger partial charge in [0.05, 0.1) is 24.3 Å². The molecule has 2 aromatic heterocycles. The van der Waals surface area contributed by atoms with Gasteiger partial charge in [0.25, 0.3) is 5.91 Å². The first-order valence-electron chi connectivity index (χ1n) is 15.3. The lowest BCUT2D eigenvalue weighted by molar-refractivity contribution is -0.177. The molecule has 15 heteroatoms. The molecule has 1 saturated heterocycles. The molecule has 2 saturated carbocycles. The summed E-state index contributed by atoms with van der Waals surface area (Å²) in [6.45, 7) is 8.06. The second-order valence-electron chi connectivity index (χ2n) is 13.6. The number of carbonyl (C=O) groups excluding carboxylic acids is 4. The molecule has 4 amide bonds. The van der Waals surface area contributed by atoms with E-state index in [1.165, 1.54) is 44.0 Å². The predicted octanol–water partition coefficient (Wildman–Crippen LogP) is 4.55. The molecule has 2 N–H and O–H groups in total. The molecular formula is C30H40F3N7O5. The number of ether oxygens (including phenoxy) is 1. The number of imide groups is 1. The molecule has 3 atom stereocenters. The van der Waals surface area contributed by atoms with E-state index in [9.17, 15) is 32.3 Å². The number of anilines is 1. The van der Waals surface area contributed by atoms with Crippen LogP contribution in [0.1, 0.15) is 83.3 Å². The minimum atomic E-state index is -4.84. The Labute approximate surface area is 259 Å². The summed E-state index contributed by atoms with van der Waals surface area (Å²) in [5.74, 6) is -2.41. The Morgan fingerprint density at radius 1 is 1.07 bits per heavy atom. The highest BCUT2D eigenvalue weighted by Crippen LogP contribution is 2.51. The lowest BCUT2D eigenvalue weighted by atomic mass is 9.88. The van der Waals surface area contributed by atoms with Crippen molar-refractivity contribution in [2.75, 3.05) is 5.32 Å². The molecule has 3 fully saturated rings. The maximum absolute atomic E-state index is 13.8. The van der Waals surface area contributed by atoms with Crippen molar-refractivity contribution >= 4 is 29.5 Å². The first-order valence-corrected chi connectivity index (χ1v) is 15.3. The number of amides is 4. The van der Waals surface area contributed by atoms with Crippen molar-refractivity contribution < 1.29 is 37.1 Å². The number of nitrogens with zero attached hydrogens (tertiary/aromatic N) is 5. The molecular weight excluding hydrogens is 595 g/mol. The van der Waals surface area contributed by atoms with E-state index in [1.54, 1.807) is 10.7 Å². The van der Waals surface area contributed by atoms with Crippen LogP contribution in [0.3, 0.4) is 0 Å². The summed E-state index contributed by atoms with van der Waals surface area (Å²) < 4.78 is 49.4. The SMILES string of the molecule is CC(C)n1nccc1C(=O)N[C@H](C(=O)Nc1cnn(CC2C[C@@H](C(F)(F)F)N(C(=O)OC(C)(C)C)C2=O)c1)C(C1CC1)C1CC1. The number of nitrogens with one attached hydrogen (secondary N) is 2. The standard InChI is InChI=1S/C30H40F3N7O5/c1-16(2)40-21(10-11-34-40)25(41)37-24(23(17-6-7-17)18-8-9-18)26(42)36-20-13-35-38(15-20)14-19-12-22(30(31,32)33)39(27(19)43)28(44)45-29(3,4)5/h10-11,13,15-19,22-24H,6-9,12,14H2,1-5H3,(H,36,42)(H,37,41)/t19?,22-,24-/m0/s1. The lowest BCUT2D eigenvalue weighted by Gasteiger charge is -2.28. The Morgan fingerprint density at radius 3 is 2.27 bits per heavy atom. The highest BCUT2D eigenvalue weighted by Gasteiger charge is 2.56. The molecule has 12 nitrogen and oxygen atoms in total. The van der Waals surface area contributed by atoms with Crippen LogP contribution in [0.4, 0.5) is 23.7 Å². The second kappa shape index (κ2) is 12.1. The van der Waals surface area contributed by atoms with Crippen molar-refractivity contribution in [3.05, 3.63) is 30.4 Å². The molecule has 1 aliphatic heterocycles. The molecule has 3 aliphatic rings. The largest absolute Gasteiger partial charge is 0.443 e. The van der Waals surface area contributed by atoms with Gasteiger partial charge in [-0.3, -0.25) is 23.7 Å². The molecule has 0 bridgehead atoms. The summed E-state index contributed by atoms with van der Waals surface area (Å²) in [7, 11) is 0. The Bertz CT molecular complexity index is 1430. The number of rotatable bonds is 10. The summed E-state index contributed by atoms with van der Waals surface area (Å²) in [6.07, 6.45) is 1.39. The fraction of sp³-hybridized carbons (Fsp3) is 0.667. The van der Waals surface area contributed by atoms with Gasteiger partial charge in [-0.25, -0.2) is 9.69 Å². The Balaban J connectivity index is 1.29. The highest BCUT2D eigenvalue weighted by atomic mass is 19.4. The van der Waals surface area contributed by atoms with Crippen molar-refractivity contribution in [2.45, 2.75) is 103 Å². The van der Waals surface area contributed by atoms with Crippen LogP contribution in [0.2, 0.25) is 0 Å². The van der Waals surface area contributed by atoms with Gasteiger partial charge in [0.1, 0.15) is 23.4 Å². The van der Waals surface area contributed by atoms with Crippen molar-refractivity contribution in [1.29, 1.82) is 0 Å². The number of hydrogen-bond donors (Lipinski definition) is 2. The minimum Gasteiger partial charge on any atom is -0.443 e. The van der Waals surface area contributed by atoms with Gasteiger partial charge in [0.15, 0.2) is 0 Å². The Kier molecular flexibility index (Phi) is 8.75. The van der Waals surface area contributed by atoms with Gasteiger partial charge < -0.3 is 15.4 Å². The molecule has 5 rings (SSSR count). The fourth-order valence-corrected chi connectivity index (χ4v) is 6.11. The van der Waals surface area contributed by atoms with E-state index in [1.807, 2.05) is 13.8 Å². The Morgan fingerprint density at radius 2 is 1.71 bits per heavy atom. The van der Waals surface area contributed by atoms with Crippen LogP contribution in [-0.2, 0) is 20.9 Å². The van der Waals surface area contributed by atoms with Gasteiger partial charge in [0, 0.05) is 18.4 Å². The van der Waals surface area contributed by atoms with E-state index in [4.69, 9.17) is 4.74 Å². The normalized spacial score (nSPS) is 21.4. The maximum Gasteiger partial charge on any atom is 0.417 e. The average Bonchev–Trinajstić information content (AvgIpc) is 3.81. The van der Waals surface area contributed by atoms with E-state index < -0.39 is 60.0 Å². The fourth-order valence-electron chi connectivity index (χ4n) is 6.11. The predicted molar refractivity (Wildman–Crippen MR) is 155 cm³/mol. The summed E-state index contributed by atoms with van der Waals surface area (Å²) in [4.78, 5) is 52.8. The van der Waals surface area contributed by atoms with Crippen LogP contribution in [-0.4, -0.2) is 72.1 Å². The lowest BCUT2D eigenvalue weighted by Crippen LogP contribution is -2.50. The van der Waals surface area contributed by atoms with E-state index in [0.29, 0.717) is 17.5 Å². The first kappa shape index (κ1) is 32.5. The molecule has 0 aromatic carbocycles. The number of alkyl halides is 3. The third-order valence-electron chi connectivity index (χ3n) is 8.36. The zero-order valence-corrected chi connectivity index (χ0v) is 26.0. The number of aromatic nitrogens is 4. The topological polar surface area (TPSA) is 140 Å². The molecule has 2 aliphatic carbocycles. The molecule has 2 aromatic rings. The van der Waals surface area contributed by atoms with Crippen LogP contribution in [0.25, 0.3) is 0 Å². The van der Waals surface area contributed by atoms with Gasteiger partial charge >= 0.3 is 12.3 Å². The zero-order valence-electron chi connectivity index (χ0n) is 26.0. The second-order valence-corrected chi connectivity index (χ2v) is 13.6. The summed E-state index contributed by atoms with van der Waals surface area (Å²) >= 11 is 0. The van der Waals surface area contributed by atoms with E-state index >= 15 is 0 Å². The van der Waals surface area contributed by atoms with E-state index in [0.717, 1.165) is 25.7 Å². The average molecular weight is 636 g/mol. The number of carbonyl (C=O) groups is 4. The van der Waals surface area contributed by atoms with Gasteiger partial charge in [-0.15, -0.1) is 0 Å². The van der Waals surface area contributed by atoms with Crippen LogP contribution >= 0.6 is 0 Å². The first-order chi connectivity index (χ1) is 21.0. The Hall–Kier alpha value is -3.91. The van der Waals surface area contributed by atoms with Crippen molar-refractivity contribution in [3.8, 4) is 0 Å². The third-order valence-corrected chi connectivity index (χ3v) is 8.36. The van der Waals surface area contributed by atoms with Gasteiger partial charge in [-0.1, -0.05) is 0 Å². The van der Waals surface area contributed by atoms with Crippen LogP contribution in [0, 0.1) is 23.7 Å². The summed E-state index contributed by atoms with van der Waals surface area (Å²) in [5.41, 5.74) is -0.482. The molecule has 0 radical (unpaired) electrons. The monoisotopic (exact) mass is 635 g/mol. The van der Waals surface area contributed by atoms with Crippen LogP contribution < -0.4 is 10.6 Å². The zero-order chi connectivity index (χ0) is 32.8. The quantitative estimate of drug-likeness (QED) is 0.390. The minimum absolute atomic E-state index is 0.0336. The molecule has 45 heavy (non-hydrogen) atoms. The van der Waals surface area contributed by atoms with Crippen molar-refractivity contribution in [2.24, 2.45) is 23.7 Å². The smallest absolute Gasteiger partial charge is 0.417 e.